The highest BCUT2D eigenvalue weighted by molar-refractivity contribution is 7.80. The lowest BCUT2D eigenvalue weighted by molar-refractivity contribution is 0.687. The van der Waals surface area contributed by atoms with Gasteiger partial charge in [-0.15, -0.1) is 0 Å². The lowest BCUT2D eigenvalue weighted by Gasteiger charge is -2.21. The van der Waals surface area contributed by atoms with Gasteiger partial charge in [0.05, 0.1) is 0 Å². The number of para-hydroxylation sites is 1. The first-order valence-electron chi connectivity index (χ1n) is 8.43. The molecule has 0 aromatic heterocycles. The standard InChI is InChI=1S/C20H24N2S/c1-14(2)16-10-5-6-12-18(16)21-20(23)22-19-13-7-9-15-8-3-4-11-17(15)19/h5-7,9-10,12-14H,3-4,8,11H2,1-2H3,(H2,21,22,23). The smallest absolute Gasteiger partial charge is 0.175 e. The molecule has 3 heteroatoms. The van der Waals surface area contributed by atoms with Crippen molar-refractivity contribution in [1.29, 1.82) is 0 Å². The second kappa shape index (κ2) is 7.14. The summed E-state index contributed by atoms with van der Waals surface area (Å²) in [5, 5.41) is 7.44. The highest BCUT2D eigenvalue weighted by Gasteiger charge is 2.14. The van der Waals surface area contributed by atoms with Crippen LogP contribution in [0.25, 0.3) is 0 Å². The van der Waals surface area contributed by atoms with E-state index in [4.69, 9.17) is 12.2 Å². The normalized spacial score (nSPS) is 13.5. The van der Waals surface area contributed by atoms with Crippen LogP contribution in [0.15, 0.2) is 42.5 Å². The van der Waals surface area contributed by atoms with Gasteiger partial charge in [0.1, 0.15) is 0 Å². The molecule has 0 spiro atoms. The molecule has 2 nitrogen and oxygen atoms in total. The van der Waals surface area contributed by atoms with Crippen molar-refractivity contribution in [3.8, 4) is 0 Å². The number of nitrogens with one attached hydrogen (secondary N) is 2. The molecule has 120 valence electrons. The van der Waals surface area contributed by atoms with Gasteiger partial charge in [0.2, 0.25) is 0 Å². The fourth-order valence-electron chi connectivity index (χ4n) is 3.29. The monoisotopic (exact) mass is 324 g/mol. The fraction of sp³-hybridized carbons (Fsp3) is 0.350. The zero-order valence-electron chi connectivity index (χ0n) is 13.9. The topological polar surface area (TPSA) is 24.1 Å². The molecule has 0 saturated carbocycles. The summed E-state index contributed by atoms with van der Waals surface area (Å²) in [6.45, 7) is 4.40. The Kier molecular flexibility index (Phi) is 4.97. The Morgan fingerprint density at radius 3 is 2.43 bits per heavy atom. The van der Waals surface area contributed by atoms with Crippen molar-refractivity contribution in [2.24, 2.45) is 0 Å². The molecule has 0 amide bonds. The average Bonchev–Trinajstić information content (AvgIpc) is 2.55. The molecule has 0 saturated heterocycles. The molecule has 0 radical (unpaired) electrons. The summed E-state index contributed by atoms with van der Waals surface area (Å²) < 4.78 is 0. The highest BCUT2D eigenvalue weighted by Crippen LogP contribution is 2.28. The van der Waals surface area contributed by atoms with E-state index in [0.29, 0.717) is 11.0 Å². The Morgan fingerprint density at radius 2 is 1.61 bits per heavy atom. The maximum atomic E-state index is 5.55. The Hall–Kier alpha value is -1.87. The van der Waals surface area contributed by atoms with Crippen LogP contribution in [0.2, 0.25) is 0 Å². The van der Waals surface area contributed by atoms with Gasteiger partial charge in [-0.05, 0) is 72.6 Å². The minimum absolute atomic E-state index is 0.464. The predicted molar refractivity (Wildman–Crippen MR) is 103 cm³/mol. The van der Waals surface area contributed by atoms with E-state index in [1.54, 1.807) is 0 Å². The SMILES string of the molecule is CC(C)c1ccccc1NC(=S)Nc1cccc2c1CCCC2. The Labute approximate surface area is 144 Å². The third kappa shape index (κ3) is 3.73. The van der Waals surface area contributed by atoms with Crippen molar-refractivity contribution in [1.82, 2.24) is 0 Å². The van der Waals surface area contributed by atoms with Crippen LogP contribution in [0.4, 0.5) is 11.4 Å². The van der Waals surface area contributed by atoms with Crippen LogP contribution in [0.3, 0.4) is 0 Å². The molecule has 3 rings (SSSR count). The molecule has 0 aliphatic heterocycles. The lowest BCUT2D eigenvalue weighted by atomic mass is 9.90. The van der Waals surface area contributed by atoms with E-state index in [1.165, 1.54) is 36.0 Å². The number of thiocarbonyl (C=S) groups is 1. The van der Waals surface area contributed by atoms with Crippen LogP contribution >= 0.6 is 12.2 Å². The van der Waals surface area contributed by atoms with Crippen LogP contribution in [0.5, 0.6) is 0 Å². The van der Waals surface area contributed by atoms with Crippen molar-refractivity contribution >= 4 is 28.7 Å². The maximum absolute atomic E-state index is 5.55. The number of fused-ring (bicyclic) bond motifs is 1. The minimum atomic E-state index is 0.464. The third-order valence-corrected chi connectivity index (χ3v) is 4.68. The van der Waals surface area contributed by atoms with Crippen molar-refractivity contribution in [3.63, 3.8) is 0 Å². The van der Waals surface area contributed by atoms with Crippen LogP contribution in [-0.2, 0) is 12.8 Å². The van der Waals surface area contributed by atoms with E-state index in [-0.39, 0.29) is 0 Å². The third-order valence-electron chi connectivity index (χ3n) is 4.48. The number of aryl methyl sites for hydroxylation is 1. The van der Waals surface area contributed by atoms with Crippen molar-refractivity contribution in [2.75, 3.05) is 10.6 Å². The molecule has 1 aliphatic rings. The lowest BCUT2D eigenvalue weighted by Crippen LogP contribution is -2.21. The van der Waals surface area contributed by atoms with E-state index in [2.05, 4.69) is 60.9 Å². The Bertz CT molecular complexity index is 707. The number of hydrogen-bond acceptors (Lipinski definition) is 1. The van der Waals surface area contributed by atoms with Crippen molar-refractivity contribution in [3.05, 3.63) is 59.2 Å². The van der Waals surface area contributed by atoms with Gasteiger partial charge in [-0.25, -0.2) is 0 Å². The van der Waals surface area contributed by atoms with Crippen LogP contribution in [-0.4, -0.2) is 5.11 Å². The molecule has 0 fully saturated rings. The highest BCUT2D eigenvalue weighted by atomic mass is 32.1. The second-order valence-corrected chi connectivity index (χ2v) is 6.88. The van der Waals surface area contributed by atoms with Crippen molar-refractivity contribution < 1.29 is 0 Å². The quantitative estimate of drug-likeness (QED) is 0.729. The molecule has 2 aromatic carbocycles. The minimum Gasteiger partial charge on any atom is -0.332 e. The fourth-order valence-corrected chi connectivity index (χ4v) is 3.51. The van der Waals surface area contributed by atoms with Crippen LogP contribution < -0.4 is 10.6 Å². The number of hydrogen-bond donors (Lipinski definition) is 2. The number of rotatable bonds is 3. The van der Waals surface area contributed by atoms with Crippen molar-refractivity contribution in [2.45, 2.75) is 45.4 Å². The van der Waals surface area contributed by atoms with Gasteiger partial charge in [-0.2, -0.15) is 0 Å². The van der Waals surface area contributed by atoms with Gasteiger partial charge in [0.25, 0.3) is 0 Å². The van der Waals surface area contributed by atoms with E-state index in [0.717, 1.165) is 17.8 Å². The average molecular weight is 324 g/mol. The molecule has 23 heavy (non-hydrogen) atoms. The second-order valence-electron chi connectivity index (χ2n) is 6.47. The first-order valence-corrected chi connectivity index (χ1v) is 8.83. The number of anilines is 2. The zero-order chi connectivity index (χ0) is 16.2. The van der Waals surface area contributed by atoms with Crippen LogP contribution in [0, 0.1) is 0 Å². The van der Waals surface area contributed by atoms with E-state index >= 15 is 0 Å². The molecule has 0 bridgehead atoms. The summed E-state index contributed by atoms with van der Waals surface area (Å²) in [5.41, 5.74) is 6.42. The largest absolute Gasteiger partial charge is 0.332 e. The maximum Gasteiger partial charge on any atom is 0.175 e. The summed E-state index contributed by atoms with van der Waals surface area (Å²) in [7, 11) is 0. The summed E-state index contributed by atoms with van der Waals surface area (Å²) >= 11 is 5.55. The summed E-state index contributed by atoms with van der Waals surface area (Å²) in [6, 6.07) is 14.9. The Morgan fingerprint density at radius 1 is 0.913 bits per heavy atom. The predicted octanol–water partition coefficient (Wildman–Crippen LogP) is 5.50. The van der Waals surface area contributed by atoms with E-state index in [1.807, 2.05) is 6.07 Å². The first-order chi connectivity index (χ1) is 11.1. The molecule has 1 aliphatic carbocycles. The molecular formula is C20H24N2S. The zero-order valence-corrected chi connectivity index (χ0v) is 14.7. The molecule has 0 atom stereocenters. The summed E-state index contributed by atoms with van der Waals surface area (Å²) in [4.78, 5) is 0. The molecule has 2 N–H and O–H groups in total. The van der Waals surface area contributed by atoms with E-state index < -0.39 is 0 Å². The van der Waals surface area contributed by atoms with Crippen LogP contribution in [0.1, 0.15) is 49.3 Å². The molecule has 2 aromatic rings. The van der Waals surface area contributed by atoms with Gasteiger partial charge < -0.3 is 10.6 Å². The van der Waals surface area contributed by atoms with Gasteiger partial charge in [-0.3, -0.25) is 0 Å². The first kappa shape index (κ1) is 16.0. The Balaban J connectivity index is 1.76. The van der Waals surface area contributed by atoms with Gasteiger partial charge >= 0.3 is 0 Å². The van der Waals surface area contributed by atoms with E-state index in [9.17, 15) is 0 Å². The summed E-state index contributed by atoms with van der Waals surface area (Å²) in [5.74, 6) is 0.464. The molecular weight excluding hydrogens is 300 g/mol. The van der Waals surface area contributed by atoms with Gasteiger partial charge in [0, 0.05) is 11.4 Å². The number of benzene rings is 2. The van der Waals surface area contributed by atoms with Gasteiger partial charge in [0.15, 0.2) is 5.11 Å². The van der Waals surface area contributed by atoms with Gasteiger partial charge in [-0.1, -0.05) is 44.2 Å². The molecule has 0 heterocycles. The molecule has 0 unspecified atom stereocenters. The summed E-state index contributed by atoms with van der Waals surface area (Å²) in [6.07, 6.45) is 4.88.